The van der Waals surface area contributed by atoms with Crippen molar-refractivity contribution < 1.29 is 0 Å². The maximum Gasteiger partial charge on any atom is 0.182 e. The lowest BCUT2D eigenvalue weighted by molar-refractivity contribution is 0.654. The molecule has 0 radical (unpaired) electrons. The van der Waals surface area contributed by atoms with Gasteiger partial charge in [-0.2, -0.15) is 19.8 Å². The van der Waals surface area contributed by atoms with Crippen LogP contribution in [0.25, 0.3) is 5.65 Å². The normalized spacial score (nSPS) is 12.1. The van der Waals surface area contributed by atoms with Gasteiger partial charge in [-0.25, -0.2) is 9.36 Å². The number of nitrogens with zero attached hydrogens (tertiary/aromatic N) is 8. The molecule has 22 heavy (non-hydrogen) atoms. The highest BCUT2D eigenvalue weighted by molar-refractivity contribution is 5.67. The molecule has 0 aromatic carbocycles. The number of rotatable bonds is 3. The molecular weight excluding hydrogens is 280 g/mol. The van der Waals surface area contributed by atoms with Crippen LogP contribution in [0.1, 0.15) is 29.7 Å². The molecule has 0 atom stereocenters. The third-order valence-corrected chi connectivity index (χ3v) is 3.85. The Balaban J connectivity index is 2.12. The lowest BCUT2D eigenvalue weighted by atomic mass is 10.3. The van der Waals surface area contributed by atoms with Crippen molar-refractivity contribution >= 4 is 17.2 Å². The molecule has 8 heteroatoms. The van der Waals surface area contributed by atoms with Crippen molar-refractivity contribution in [2.24, 2.45) is 17.3 Å². The fourth-order valence-corrected chi connectivity index (χ4v) is 2.55. The van der Waals surface area contributed by atoms with Gasteiger partial charge in [0.2, 0.25) is 0 Å². The minimum absolute atomic E-state index is 0.740. The monoisotopic (exact) mass is 300 g/mol. The number of aryl methyl sites for hydroxylation is 5. The van der Waals surface area contributed by atoms with Gasteiger partial charge in [0, 0.05) is 19.2 Å². The van der Waals surface area contributed by atoms with Gasteiger partial charge in [0.1, 0.15) is 5.82 Å². The van der Waals surface area contributed by atoms with Crippen molar-refractivity contribution in [1.29, 1.82) is 0 Å². The van der Waals surface area contributed by atoms with E-state index in [1.807, 2.05) is 46.3 Å². The van der Waals surface area contributed by atoms with Crippen LogP contribution in [0, 0.1) is 27.7 Å². The zero-order valence-corrected chi connectivity index (χ0v) is 13.8. The highest BCUT2D eigenvalue weighted by atomic mass is 15.4. The summed E-state index contributed by atoms with van der Waals surface area (Å²) in [5, 5.41) is 22.2. The van der Waals surface area contributed by atoms with Crippen molar-refractivity contribution in [3.05, 3.63) is 22.8 Å². The second kappa shape index (κ2) is 5.04. The zero-order valence-electron chi connectivity index (χ0n) is 13.8. The molecule has 116 valence electrons. The van der Waals surface area contributed by atoms with E-state index in [-0.39, 0.29) is 0 Å². The molecule has 0 amide bonds. The van der Waals surface area contributed by atoms with Crippen molar-refractivity contribution in [2.45, 2.75) is 41.2 Å². The first-order chi connectivity index (χ1) is 10.4. The van der Waals surface area contributed by atoms with Crippen LogP contribution in [0.2, 0.25) is 0 Å². The fourth-order valence-electron chi connectivity index (χ4n) is 2.55. The van der Waals surface area contributed by atoms with Gasteiger partial charge in [-0.3, -0.25) is 0 Å². The SMILES string of the molecule is CCn1nc(C)c(C)c1N=Nc1c(C)nn2c(C)nn(C)c12. The van der Waals surface area contributed by atoms with Gasteiger partial charge in [-0.1, -0.05) is 0 Å². The van der Waals surface area contributed by atoms with Gasteiger partial charge < -0.3 is 0 Å². The Bertz CT molecular complexity index is 877. The average Bonchev–Trinajstić information content (AvgIpc) is 3.04. The van der Waals surface area contributed by atoms with Crippen molar-refractivity contribution in [2.75, 3.05) is 0 Å². The Morgan fingerprint density at radius 1 is 0.955 bits per heavy atom. The molecular formula is C14H20N8. The second-order valence-corrected chi connectivity index (χ2v) is 5.39. The Kier molecular flexibility index (Phi) is 3.31. The summed E-state index contributed by atoms with van der Waals surface area (Å²) in [6, 6.07) is 0. The molecule has 3 heterocycles. The van der Waals surface area contributed by atoms with Crippen LogP contribution < -0.4 is 0 Å². The molecule has 0 aliphatic heterocycles. The summed E-state index contributed by atoms with van der Waals surface area (Å²) in [5.74, 6) is 1.62. The van der Waals surface area contributed by atoms with Crippen molar-refractivity contribution in [3.63, 3.8) is 0 Å². The molecule has 0 aliphatic carbocycles. The van der Waals surface area contributed by atoms with E-state index in [4.69, 9.17) is 0 Å². The molecule has 0 bridgehead atoms. The van der Waals surface area contributed by atoms with Crippen LogP contribution in [0.4, 0.5) is 11.5 Å². The summed E-state index contributed by atoms with van der Waals surface area (Å²) in [6.45, 7) is 10.6. The van der Waals surface area contributed by atoms with Crippen LogP contribution >= 0.6 is 0 Å². The van der Waals surface area contributed by atoms with E-state index in [1.165, 1.54) is 0 Å². The van der Waals surface area contributed by atoms with Crippen molar-refractivity contribution in [1.82, 2.24) is 29.2 Å². The highest BCUT2D eigenvalue weighted by Gasteiger charge is 2.16. The maximum absolute atomic E-state index is 4.47. The summed E-state index contributed by atoms with van der Waals surface area (Å²) >= 11 is 0. The van der Waals surface area contributed by atoms with Crippen LogP contribution in [-0.4, -0.2) is 29.2 Å². The smallest absolute Gasteiger partial charge is 0.182 e. The maximum atomic E-state index is 4.47. The molecule has 0 N–H and O–H groups in total. The van der Waals surface area contributed by atoms with E-state index in [0.29, 0.717) is 0 Å². The summed E-state index contributed by atoms with van der Waals surface area (Å²) in [6.07, 6.45) is 0. The third kappa shape index (κ3) is 2.02. The molecule has 8 nitrogen and oxygen atoms in total. The van der Waals surface area contributed by atoms with Crippen LogP contribution in [0.5, 0.6) is 0 Å². The number of azo groups is 1. The van der Waals surface area contributed by atoms with Gasteiger partial charge in [-0.15, -0.1) is 10.2 Å². The zero-order chi connectivity index (χ0) is 16.0. The molecule has 3 aromatic heterocycles. The quantitative estimate of drug-likeness (QED) is 0.698. The molecule has 3 aromatic rings. The predicted octanol–water partition coefficient (Wildman–Crippen LogP) is 2.93. The average molecular weight is 300 g/mol. The Morgan fingerprint density at radius 3 is 2.36 bits per heavy atom. The Labute approximate surface area is 128 Å². The summed E-state index contributed by atoms with van der Waals surface area (Å²) < 4.78 is 5.43. The van der Waals surface area contributed by atoms with Gasteiger partial charge in [0.25, 0.3) is 0 Å². The van der Waals surface area contributed by atoms with Gasteiger partial charge in [0.05, 0.1) is 11.4 Å². The fraction of sp³-hybridized carbons (Fsp3) is 0.500. The lowest BCUT2D eigenvalue weighted by Crippen LogP contribution is -1.95. The standard InChI is InChI=1S/C14H20N8/c1-7-21-13(8(2)9(3)17-21)16-15-12-10(4)18-22-11(5)19-20(6)14(12)22/h7H2,1-6H3. The van der Waals surface area contributed by atoms with E-state index < -0.39 is 0 Å². The molecule has 0 unspecified atom stereocenters. The molecule has 0 fully saturated rings. The first kappa shape index (κ1) is 14.4. The summed E-state index contributed by atoms with van der Waals surface area (Å²) in [7, 11) is 1.88. The highest BCUT2D eigenvalue weighted by Crippen LogP contribution is 2.29. The number of aromatic nitrogens is 6. The number of fused-ring (bicyclic) bond motifs is 1. The minimum Gasteiger partial charge on any atom is -0.247 e. The Hall–Kier alpha value is -2.51. The van der Waals surface area contributed by atoms with E-state index in [9.17, 15) is 0 Å². The summed E-state index contributed by atoms with van der Waals surface area (Å²) in [5.41, 5.74) is 4.44. The molecule has 0 saturated heterocycles. The number of hydrogen-bond acceptors (Lipinski definition) is 5. The lowest BCUT2D eigenvalue weighted by Gasteiger charge is -1.98. The van der Waals surface area contributed by atoms with Crippen LogP contribution in [0.15, 0.2) is 10.2 Å². The third-order valence-electron chi connectivity index (χ3n) is 3.85. The van der Waals surface area contributed by atoms with E-state index >= 15 is 0 Å². The first-order valence-corrected chi connectivity index (χ1v) is 7.28. The topological polar surface area (TPSA) is 77.7 Å². The van der Waals surface area contributed by atoms with Gasteiger partial charge >= 0.3 is 0 Å². The van der Waals surface area contributed by atoms with E-state index in [2.05, 4.69) is 25.5 Å². The number of hydrogen-bond donors (Lipinski definition) is 0. The largest absolute Gasteiger partial charge is 0.247 e. The molecule has 0 saturated carbocycles. The van der Waals surface area contributed by atoms with Gasteiger partial charge in [-0.05, 0) is 34.6 Å². The van der Waals surface area contributed by atoms with Crippen LogP contribution in [-0.2, 0) is 13.6 Å². The van der Waals surface area contributed by atoms with Gasteiger partial charge in [0.15, 0.2) is 17.2 Å². The molecule has 0 spiro atoms. The van der Waals surface area contributed by atoms with E-state index in [0.717, 1.165) is 46.5 Å². The molecule has 3 rings (SSSR count). The first-order valence-electron chi connectivity index (χ1n) is 7.28. The summed E-state index contributed by atoms with van der Waals surface area (Å²) in [4.78, 5) is 0. The minimum atomic E-state index is 0.740. The van der Waals surface area contributed by atoms with Crippen LogP contribution in [0.3, 0.4) is 0 Å². The predicted molar refractivity (Wildman–Crippen MR) is 83.0 cm³/mol. The second-order valence-electron chi connectivity index (χ2n) is 5.39. The molecule has 0 aliphatic rings. The Morgan fingerprint density at radius 2 is 1.68 bits per heavy atom. The van der Waals surface area contributed by atoms with Crippen molar-refractivity contribution in [3.8, 4) is 0 Å². The van der Waals surface area contributed by atoms with E-state index in [1.54, 1.807) is 9.20 Å².